The maximum absolute atomic E-state index is 12.4. The maximum Gasteiger partial charge on any atom is 0.344 e. The summed E-state index contributed by atoms with van der Waals surface area (Å²) in [6.07, 6.45) is 0. The minimum Gasteiger partial charge on any atom is -0.420 e. The monoisotopic (exact) mass is 362 g/mol. The third kappa shape index (κ3) is 2.43. The van der Waals surface area contributed by atoms with E-state index in [9.17, 15) is 19.7 Å². The number of hydrogen-bond donors (Lipinski definition) is 0. The molecule has 0 saturated heterocycles. The first kappa shape index (κ1) is 16.7. The van der Waals surface area contributed by atoms with E-state index < -0.39 is 10.5 Å². The van der Waals surface area contributed by atoms with Gasteiger partial charge in [0.05, 0.1) is 27.1 Å². The van der Waals surface area contributed by atoms with Crippen molar-refractivity contribution in [1.29, 1.82) is 0 Å². The molecule has 7 heteroatoms. The standard InChI is InChI=1S/C20H14N2O5/c1-11-17(12(2)23)19-18(15-8-3-4-9-16(15)20(24)27-19)21(11)13-6-5-7-14(10-13)22(25)26/h3-10H,1-2H3. The lowest BCUT2D eigenvalue weighted by Crippen LogP contribution is -2.02. The van der Waals surface area contributed by atoms with Crippen LogP contribution in [0.2, 0.25) is 0 Å². The third-order valence-corrected chi connectivity index (χ3v) is 4.61. The lowest BCUT2D eigenvalue weighted by molar-refractivity contribution is -0.384. The topological polar surface area (TPSA) is 95.3 Å². The van der Waals surface area contributed by atoms with E-state index in [-0.39, 0.29) is 17.1 Å². The van der Waals surface area contributed by atoms with Crippen molar-refractivity contribution in [2.45, 2.75) is 13.8 Å². The number of fused-ring (bicyclic) bond motifs is 3. The molecule has 134 valence electrons. The molecule has 27 heavy (non-hydrogen) atoms. The van der Waals surface area contributed by atoms with Gasteiger partial charge >= 0.3 is 5.63 Å². The Morgan fingerprint density at radius 3 is 2.48 bits per heavy atom. The predicted molar refractivity (Wildman–Crippen MR) is 101 cm³/mol. The summed E-state index contributed by atoms with van der Waals surface area (Å²) in [5, 5.41) is 12.2. The largest absolute Gasteiger partial charge is 0.420 e. The fourth-order valence-corrected chi connectivity index (χ4v) is 3.50. The molecule has 0 spiro atoms. The van der Waals surface area contributed by atoms with Crippen molar-refractivity contribution in [2.75, 3.05) is 0 Å². The van der Waals surface area contributed by atoms with Gasteiger partial charge in [0.1, 0.15) is 0 Å². The molecule has 0 amide bonds. The summed E-state index contributed by atoms with van der Waals surface area (Å²) in [5.74, 6) is -0.250. The highest BCUT2D eigenvalue weighted by molar-refractivity contribution is 6.13. The molecule has 7 nitrogen and oxygen atoms in total. The van der Waals surface area contributed by atoms with Crippen LogP contribution in [0.15, 0.2) is 57.7 Å². The van der Waals surface area contributed by atoms with Gasteiger partial charge in [-0.05, 0) is 26.0 Å². The second kappa shape index (κ2) is 5.91. The minimum absolute atomic E-state index is 0.0696. The van der Waals surface area contributed by atoms with Crippen molar-refractivity contribution in [3.8, 4) is 5.69 Å². The lowest BCUT2D eigenvalue weighted by atomic mass is 10.1. The van der Waals surface area contributed by atoms with E-state index in [1.807, 2.05) is 0 Å². The number of ketones is 1. The van der Waals surface area contributed by atoms with Crippen LogP contribution in [-0.4, -0.2) is 15.3 Å². The molecule has 4 rings (SSSR count). The molecule has 0 radical (unpaired) electrons. The Morgan fingerprint density at radius 2 is 1.81 bits per heavy atom. The van der Waals surface area contributed by atoms with Crippen molar-refractivity contribution in [3.63, 3.8) is 0 Å². The summed E-state index contributed by atoms with van der Waals surface area (Å²) in [6, 6.07) is 13.0. The molecule has 4 aromatic rings. The smallest absolute Gasteiger partial charge is 0.344 e. The molecule has 2 aromatic carbocycles. The summed E-state index contributed by atoms with van der Waals surface area (Å²) in [4.78, 5) is 35.4. The van der Waals surface area contributed by atoms with Crippen LogP contribution in [0, 0.1) is 17.0 Å². The molecule has 0 N–H and O–H groups in total. The van der Waals surface area contributed by atoms with E-state index in [0.717, 1.165) is 0 Å². The Kier molecular flexibility index (Phi) is 3.66. The molecule has 2 aromatic heterocycles. The normalized spacial score (nSPS) is 11.2. The van der Waals surface area contributed by atoms with Gasteiger partial charge in [0.2, 0.25) is 0 Å². The first-order valence-corrected chi connectivity index (χ1v) is 8.22. The summed E-state index contributed by atoms with van der Waals surface area (Å²) in [5.41, 5.74) is 1.48. The van der Waals surface area contributed by atoms with Crippen LogP contribution in [0.4, 0.5) is 5.69 Å². The van der Waals surface area contributed by atoms with Crippen molar-refractivity contribution in [1.82, 2.24) is 4.57 Å². The van der Waals surface area contributed by atoms with Crippen LogP contribution in [0.3, 0.4) is 0 Å². The van der Waals surface area contributed by atoms with E-state index in [1.165, 1.54) is 19.1 Å². The minimum atomic E-state index is -0.531. The fourth-order valence-electron chi connectivity index (χ4n) is 3.50. The Bertz CT molecular complexity index is 1310. The molecule has 0 aliphatic rings. The number of nitro benzene ring substituents is 1. The van der Waals surface area contributed by atoms with Crippen LogP contribution in [0.25, 0.3) is 27.6 Å². The van der Waals surface area contributed by atoms with Crippen LogP contribution in [0.1, 0.15) is 23.0 Å². The van der Waals surface area contributed by atoms with Crippen LogP contribution >= 0.6 is 0 Å². The van der Waals surface area contributed by atoms with Crippen LogP contribution in [-0.2, 0) is 0 Å². The zero-order chi connectivity index (χ0) is 19.3. The highest BCUT2D eigenvalue weighted by Gasteiger charge is 2.24. The van der Waals surface area contributed by atoms with E-state index in [2.05, 4.69) is 0 Å². The summed E-state index contributed by atoms with van der Waals surface area (Å²) in [7, 11) is 0. The van der Waals surface area contributed by atoms with E-state index in [4.69, 9.17) is 4.42 Å². The number of nitro groups is 1. The first-order chi connectivity index (χ1) is 12.9. The quantitative estimate of drug-likeness (QED) is 0.310. The summed E-state index contributed by atoms with van der Waals surface area (Å²) < 4.78 is 7.22. The Morgan fingerprint density at radius 1 is 1.11 bits per heavy atom. The number of carbonyl (C=O) groups excluding carboxylic acids is 1. The summed E-state index contributed by atoms with van der Waals surface area (Å²) in [6.45, 7) is 3.12. The number of Topliss-reactive ketones (excluding diaryl/α,β-unsaturated/α-hetero) is 1. The molecule has 0 aliphatic carbocycles. The molecule has 0 bridgehead atoms. The average molecular weight is 362 g/mol. The fraction of sp³-hybridized carbons (Fsp3) is 0.100. The molecule has 0 atom stereocenters. The van der Waals surface area contributed by atoms with Gasteiger partial charge in [0.25, 0.3) is 5.69 Å². The van der Waals surface area contributed by atoms with Gasteiger partial charge in [-0.25, -0.2) is 4.79 Å². The van der Waals surface area contributed by atoms with E-state index >= 15 is 0 Å². The van der Waals surface area contributed by atoms with Gasteiger partial charge in [-0.15, -0.1) is 0 Å². The van der Waals surface area contributed by atoms with Gasteiger partial charge in [-0.1, -0.05) is 24.3 Å². The molecular formula is C20H14N2O5. The van der Waals surface area contributed by atoms with Gasteiger partial charge in [0.15, 0.2) is 11.4 Å². The highest BCUT2D eigenvalue weighted by atomic mass is 16.6. The zero-order valence-corrected chi connectivity index (χ0v) is 14.6. The Balaban J connectivity index is 2.24. The van der Waals surface area contributed by atoms with Gasteiger partial charge in [0, 0.05) is 23.2 Å². The first-order valence-electron chi connectivity index (χ1n) is 8.22. The number of nitrogens with zero attached hydrogens (tertiary/aromatic N) is 2. The Labute approximate surface area is 152 Å². The van der Waals surface area contributed by atoms with E-state index in [1.54, 1.807) is 47.9 Å². The Hall–Kier alpha value is -3.74. The number of hydrogen-bond acceptors (Lipinski definition) is 5. The van der Waals surface area contributed by atoms with Crippen molar-refractivity contribution in [2.24, 2.45) is 0 Å². The van der Waals surface area contributed by atoms with Crippen molar-refractivity contribution in [3.05, 3.63) is 80.3 Å². The number of non-ortho nitro benzene ring substituents is 1. The molecule has 0 aliphatic heterocycles. The number of rotatable bonds is 3. The second-order valence-electron chi connectivity index (χ2n) is 6.24. The van der Waals surface area contributed by atoms with Crippen molar-refractivity contribution >= 4 is 33.3 Å². The van der Waals surface area contributed by atoms with Gasteiger partial charge in [-0.3, -0.25) is 14.9 Å². The van der Waals surface area contributed by atoms with Crippen LogP contribution in [0.5, 0.6) is 0 Å². The lowest BCUT2D eigenvalue weighted by Gasteiger charge is -2.09. The second-order valence-corrected chi connectivity index (χ2v) is 6.24. The van der Waals surface area contributed by atoms with Gasteiger partial charge < -0.3 is 8.98 Å². The zero-order valence-electron chi connectivity index (χ0n) is 14.6. The average Bonchev–Trinajstić information content (AvgIpc) is 2.94. The van der Waals surface area contributed by atoms with Crippen LogP contribution < -0.4 is 5.63 Å². The SMILES string of the molecule is CC(=O)c1c(C)n(-c2cccc([N+](=O)[O-])c2)c2c1oc(=O)c1ccccc12. The molecular weight excluding hydrogens is 348 g/mol. The van der Waals surface area contributed by atoms with Gasteiger partial charge in [-0.2, -0.15) is 0 Å². The molecule has 0 fully saturated rings. The van der Waals surface area contributed by atoms with Crippen molar-refractivity contribution < 1.29 is 14.1 Å². The molecule has 2 heterocycles. The molecule has 0 saturated carbocycles. The molecule has 0 unspecified atom stereocenters. The number of carbonyl (C=O) groups is 1. The van der Waals surface area contributed by atoms with E-state index in [0.29, 0.717) is 33.2 Å². The maximum atomic E-state index is 12.4. The predicted octanol–water partition coefficient (Wildman–Crippen LogP) is 4.16. The third-order valence-electron chi connectivity index (χ3n) is 4.61. The number of aromatic nitrogens is 1. The number of benzene rings is 2. The summed E-state index contributed by atoms with van der Waals surface area (Å²) >= 11 is 0. The highest BCUT2D eigenvalue weighted by Crippen LogP contribution is 2.34.